The molecule has 0 fully saturated rings. The quantitative estimate of drug-likeness (QED) is 0.802. The molecule has 2 aromatic rings. The van der Waals surface area contributed by atoms with Crippen molar-refractivity contribution in [2.45, 2.75) is 6.23 Å². The number of benzene rings is 2. The van der Waals surface area contributed by atoms with Gasteiger partial charge in [-0.1, -0.05) is 24.3 Å². The van der Waals surface area contributed by atoms with Gasteiger partial charge in [0.2, 0.25) is 0 Å². The largest absolute Gasteiger partial charge is 0.466 e. The van der Waals surface area contributed by atoms with E-state index in [-0.39, 0.29) is 5.91 Å². The van der Waals surface area contributed by atoms with Gasteiger partial charge < -0.3 is 10.1 Å². The van der Waals surface area contributed by atoms with E-state index in [1.807, 2.05) is 42.5 Å². The molecular weight excluding hydrogens is 341 g/mol. The molecule has 3 nitrogen and oxygen atoms in total. The van der Waals surface area contributed by atoms with Gasteiger partial charge in [0.05, 0.1) is 5.56 Å². The third kappa shape index (κ3) is 2.08. The van der Waals surface area contributed by atoms with Gasteiger partial charge in [-0.05, 0) is 46.9 Å². The van der Waals surface area contributed by atoms with Crippen molar-refractivity contribution in [3.63, 3.8) is 0 Å². The Morgan fingerprint density at radius 1 is 1.06 bits per heavy atom. The smallest absolute Gasteiger partial charge is 0.258 e. The molecule has 1 atom stereocenters. The molecule has 1 N–H and O–H groups in total. The Balaban J connectivity index is 1.94. The summed E-state index contributed by atoms with van der Waals surface area (Å²) < 4.78 is 6.95. The third-order valence-electron chi connectivity index (χ3n) is 2.81. The van der Waals surface area contributed by atoms with Crippen LogP contribution in [0.4, 0.5) is 0 Å². The maximum atomic E-state index is 11.9. The fraction of sp³-hybridized carbons (Fsp3) is 0.0714. The maximum absolute atomic E-state index is 11.9. The van der Waals surface area contributed by atoms with Crippen LogP contribution in [0.5, 0.6) is 5.75 Å². The van der Waals surface area contributed by atoms with Crippen molar-refractivity contribution >= 4 is 28.5 Å². The summed E-state index contributed by atoms with van der Waals surface area (Å²) in [4.78, 5) is 11.9. The van der Waals surface area contributed by atoms with Crippen molar-refractivity contribution in [1.29, 1.82) is 0 Å². The van der Waals surface area contributed by atoms with Gasteiger partial charge in [0, 0.05) is 9.13 Å². The molecule has 1 amide bonds. The fourth-order valence-electron chi connectivity index (χ4n) is 1.90. The first-order valence-electron chi connectivity index (χ1n) is 5.56. The lowest BCUT2D eigenvalue weighted by Gasteiger charge is -2.26. The van der Waals surface area contributed by atoms with E-state index < -0.39 is 6.23 Å². The summed E-state index contributed by atoms with van der Waals surface area (Å²) in [6, 6.07) is 15.2. The Morgan fingerprint density at radius 3 is 2.56 bits per heavy atom. The van der Waals surface area contributed by atoms with Gasteiger partial charge in [-0.2, -0.15) is 0 Å². The number of halogens is 1. The first-order valence-corrected chi connectivity index (χ1v) is 6.64. The van der Waals surface area contributed by atoms with E-state index >= 15 is 0 Å². The number of hydrogen-bond acceptors (Lipinski definition) is 2. The molecule has 0 aliphatic carbocycles. The third-order valence-corrected chi connectivity index (χ3v) is 3.53. The molecule has 0 radical (unpaired) electrons. The first kappa shape index (κ1) is 11.5. The van der Waals surface area contributed by atoms with Crippen LogP contribution in [0, 0.1) is 3.57 Å². The first-order chi connectivity index (χ1) is 8.74. The fourth-order valence-corrected chi connectivity index (χ4v) is 2.26. The topological polar surface area (TPSA) is 38.3 Å². The molecule has 90 valence electrons. The molecular formula is C14H10INO2. The number of carbonyl (C=O) groups is 1. The molecule has 2 aromatic carbocycles. The highest BCUT2D eigenvalue weighted by atomic mass is 127. The highest BCUT2D eigenvalue weighted by molar-refractivity contribution is 14.1. The van der Waals surface area contributed by atoms with Crippen molar-refractivity contribution in [3.05, 3.63) is 63.2 Å². The Labute approximate surface area is 118 Å². The second-order valence-corrected chi connectivity index (χ2v) is 5.26. The second-order valence-electron chi connectivity index (χ2n) is 4.02. The van der Waals surface area contributed by atoms with Crippen LogP contribution in [-0.2, 0) is 0 Å². The predicted molar refractivity (Wildman–Crippen MR) is 76.4 cm³/mol. The van der Waals surface area contributed by atoms with Crippen LogP contribution in [0.1, 0.15) is 22.1 Å². The Kier molecular flexibility index (Phi) is 2.95. The van der Waals surface area contributed by atoms with E-state index in [1.54, 1.807) is 6.07 Å². The lowest BCUT2D eigenvalue weighted by atomic mass is 10.1. The van der Waals surface area contributed by atoms with Gasteiger partial charge >= 0.3 is 0 Å². The van der Waals surface area contributed by atoms with Crippen molar-refractivity contribution in [2.24, 2.45) is 0 Å². The summed E-state index contributed by atoms with van der Waals surface area (Å²) >= 11 is 2.24. The lowest BCUT2D eigenvalue weighted by Crippen LogP contribution is -2.36. The minimum atomic E-state index is -0.413. The average Bonchev–Trinajstić information content (AvgIpc) is 2.39. The van der Waals surface area contributed by atoms with Gasteiger partial charge in [-0.25, -0.2) is 0 Å². The van der Waals surface area contributed by atoms with Gasteiger partial charge in [0.1, 0.15) is 5.75 Å². The number of hydrogen-bond donors (Lipinski definition) is 1. The number of amides is 1. The second kappa shape index (κ2) is 4.61. The van der Waals surface area contributed by atoms with Crippen molar-refractivity contribution in [1.82, 2.24) is 5.32 Å². The molecule has 3 rings (SSSR count). The number of carbonyl (C=O) groups excluding carboxylic acids is 1. The minimum absolute atomic E-state index is 0.0969. The zero-order valence-corrected chi connectivity index (χ0v) is 11.5. The summed E-state index contributed by atoms with van der Waals surface area (Å²) in [6.07, 6.45) is -0.413. The van der Waals surface area contributed by atoms with Gasteiger partial charge in [0.25, 0.3) is 5.91 Å². The molecule has 0 unspecified atom stereocenters. The van der Waals surface area contributed by atoms with Crippen LogP contribution in [0.2, 0.25) is 0 Å². The monoisotopic (exact) mass is 351 g/mol. The van der Waals surface area contributed by atoms with Gasteiger partial charge in [-0.15, -0.1) is 0 Å². The highest BCUT2D eigenvalue weighted by Crippen LogP contribution is 2.28. The van der Waals surface area contributed by atoms with Crippen LogP contribution in [-0.4, -0.2) is 5.91 Å². The normalized spacial score (nSPS) is 17.6. The van der Waals surface area contributed by atoms with Gasteiger partial charge in [0.15, 0.2) is 6.23 Å². The van der Waals surface area contributed by atoms with Crippen LogP contribution in [0.25, 0.3) is 0 Å². The SMILES string of the molecule is O=C1N[C@H](c2ccc(I)cc2)Oc2ccccc21. The number of rotatable bonds is 1. The van der Waals surface area contributed by atoms with E-state index in [0.29, 0.717) is 11.3 Å². The maximum Gasteiger partial charge on any atom is 0.258 e. The summed E-state index contributed by atoms with van der Waals surface area (Å²) in [5, 5.41) is 2.84. The highest BCUT2D eigenvalue weighted by Gasteiger charge is 2.25. The number of ether oxygens (including phenoxy) is 1. The van der Waals surface area contributed by atoms with Crippen LogP contribution >= 0.6 is 22.6 Å². The lowest BCUT2D eigenvalue weighted by molar-refractivity contribution is 0.0756. The van der Waals surface area contributed by atoms with Crippen LogP contribution in [0.3, 0.4) is 0 Å². The van der Waals surface area contributed by atoms with E-state index in [0.717, 1.165) is 9.13 Å². The summed E-state index contributed by atoms with van der Waals surface area (Å²) in [6.45, 7) is 0. The molecule has 1 heterocycles. The summed E-state index contributed by atoms with van der Waals surface area (Å²) in [7, 11) is 0. The standard InChI is InChI=1S/C14H10INO2/c15-10-7-5-9(6-8-10)14-16-13(17)11-3-1-2-4-12(11)18-14/h1-8,14H,(H,16,17)/t14-/m0/s1. The zero-order chi connectivity index (χ0) is 12.5. The van der Waals surface area contributed by atoms with E-state index in [1.165, 1.54) is 0 Å². The number of para-hydroxylation sites is 1. The van der Waals surface area contributed by atoms with Crippen LogP contribution in [0.15, 0.2) is 48.5 Å². The molecule has 0 bridgehead atoms. The molecule has 0 saturated carbocycles. The summed E-state index contributed by atoms with van der Waals surface area (Å²) in [5.41, 5.74) is 1.53. The number of nitrogens with one attached hydrogen (secondary N) is 1. The van der Waals surface area contributed by atoms with Crippen molar-refractivity contribution in [2.75, 3.05) is 0 Å². The van der Waals surface area contributed by atoms with E-state index in [2.05, 4.69) is 27.9 Å². The zero-order valence-electron chi connectivity index (χ0n) is 9.39. The molecule has 0 spiro atoms. The number of fused-ring (bicyclic) bond motifs is 1. The van der Waals surface area contributed by atoms with Crippen molar-refractivity contribution in [3.8, 4) is 5.75 Å². The summed E-state index contributed by atoms with van der Waals surface area (Å²) in [5.74, 6) is 0.533. The Bertz CT molecular complexity index is 595. The molecule has 0 saturated heterocycles. The molecule has 18 heavy (non-hydrogen) atoms. The van der Waals surface area contributed by atoms with E-state index in [9.17, 15) is 4.79 Å². The molecule has 1 aliphatic heterocycles. The Morgan fingerprint density at radius 2 is 1.78 bits per heavy atom. The van der Waals surface area contributed by atoms with Crippen LogP contribution < -0.4 is 10.1 Å². The van der Waals surface area contributed by atoms with Crippen molar-refractivity contribution < 1.29 is 9.53 Å². The Hall–Kier alpha value is -1.56. The molecule has 1 aliphatic rings. The average molecular weight is 351 g/mol. The van der Waals surface area contributed by atoms with E-state index in [4.69, 9.17) is 4.74 Å². The molecule has 0 aromatic heterocycles. The predicted octanol–water partition coefficient (Wildman–Crippen LogP) is 3.11. The molecule has 4 heteroatoms. The van der Waals surface area contributed by atoms with Gasteiger partial charge in [-0.3, -0.25) is 4.79 Å². The minimum Gasteiger partial charge on any atom is -0.466 e.